The minimum absolute atomic E-state index is 0.00765. The average Bonchev–Trinajstić information content (AvgIpc) is 2.80. The van der Waals surface area contributed by atoms with E-state index >= 15 is 0 Å². The summed E-state index contributed by atoms with van der Waals surface area (Å²) in [5, 5.41) is 3.00. The van der Waals surface area contributed by atoms with E-state index in [1.807, 2.05) is 7.05 Å². The van der Waals surface area contributed by atoms with E-state index in [0.717, 1.165) is 6.54 Å². The Balaban J connectivity index is 2.13. The molecule has 0 saturated heterocycles. The number of hydrogen-bond acceptors (Lipinski definition) is 6. The number of rotatable bonds is 5. The highest BCUT2D eigenvalue weighted by atomic mass is 16.2. The number of nitrogens with zero attached hydrogens (tertiary/aromatic N) is 5. The van der Waals surface area contributed by atoms with Crippen LogP contribution in [0.2, 0.25) is 0 Å². The number of anilines is 1. The van der Waals surface area contributed by atoms with Gasteiger partial charge in [-0.2, -0.15) is 0 Å². The van der Waals surface area contributed by atoms with Crippen LogP contribution < -0.4 is 11.1 Å². The summed E-state index contributed by atoms with van der Waals surface area (Å²) >= 11 is 0. The van der Waals surface area contributed by atoms with Crippen molar-refractivity contribution in [3.63, 3.8) is 0 Å². The van der Waals surface area contributed by atoms with Gasteiger partial charge in [0.15, 0.2) is 11.5 Å². The first-order valence-electron chi connectivity index (χ1n) is 5.93. The molecule has 2 rings (SSSR count). The van der Waals surface area contributed by atoms with Crippen molar-refractivity contribution in [1.29, 1.82) is 0 Å². The molecular weight excluding hydrogens is 246 g/mol. The number of carbonyl (C=O) groups is 1. The predicted octanol–water partition coefficient (Wildman–Crippen LogP) is -0.914. The van der Waals surface area contributed by atoms with Crippen molar-refractivity contribution < 1.29 is 4.79 Å². The number of likely N-dealkylation sites (N-methyl/N-ethyl adjacent to an activating group) is 2. The van der Waals surface area contributed by atoms with Gasteiger partial charge in [0.2, 0.25) is 5.91 Å². The lowest BCUT2D eigenvalue weighted by molar-refractivity contribution is -0.130. The lowest BCUT2D eigenvalue weighted by atomic mass is 10.4. The smallest absolute Gasteiger partial charge is 0.242 e. The van der Waals surface area contributed by atoms with Gasteiger partial charge in [-0.25, -0.2) is 15.0 Å². The number of aromatic nitrogens is 4. The van der Waals surface area contributed by atoms with Crippen molar-refractivity contribution in [2.45, 2.75) is 6.54 Å². The SMILES string of the molecule is CNCCN(C)C(=O)Cn1cnc2c(N)ncnc21. The van der Waals surface area contributed by atoms with Gasteiger partial charge < -0.3 is 20.5 Å². The minimum Gasteiger partial charge on any atom is -0.382 e. The lowest BCUT2D eigenvalue weighted by Gasteiger charge is -2.17. The largest absolute Gasteiger partial charge is 0.382 e. The Morgan fingerprint density at radius 2 is 2.26 bits per heavy atom. The summed E-state index contributed by atoms with van der Waals surface area (Å²) in [6, 6.07) is 0. The summed E-state index contributed by atoms with van der Waals surface area (Å²) in [5.74, 6) is 0.312. The Kier molecular flexibility index (Phi) is 3.91. The highest BCUT2D eigenvalue weighted by Crippen LogP contribution is 2.13. The van der Waals surface area contributed by atoms with Crippen molar-refractivity contribution in [1.82, 2.24) is 29.7 Å². The zero-order valence-corrected chi connectivity index (χ0v) is 11.0. The topological polar surface area (TPSA) is 102 Å². The summed E-state index contributed by atoms with van der Waals surface area (Å²) < 4.78 is 1.67. The van der Waals surface area contributed by atoms with Gasteiger partial charge in [-0.15, -0.1) is 0 Å². The van der Waals surface area contributed by atoms with E-state index < -0.39 is 0 Å². The molecule has 8 nitrogen and oxygen atoms in total. The van der Waals surface area contributed by atoms with Crippen LogP contribution in [0, 0.1) is 0 Å². The van der Waals surface area contributed by atoms with Crippen molar-refractivity contribution in [2.24, 2.45) is 0 Å². The number of amides is 1. The Hall–Kier alpha value is -2.22. The number of nitrogen functional groups attached to an aromatic ring is 1. The molecule has 0 saturated carbocycles. The van der Waals surface area contributed by atoms with Gasteiger partial charge in [-0.3, -0.25) is 4.79 Å². The quantitative estimate of drug-likeness (QED) is 0.724. The normalized spacial score (nSPS) is 10.8. The lowest BCUT2D eigenvalue weighted by Crippen LogP contribution is -2.35. The van der Waals surface area contributed by atoms with Gasteiger partial charge in [-0.1, -0.05) is 0 Å². The highest BCUT2D eigenvalue weighted by Gasteiger charge is 2.13. The molecule has 8 heteroatoms. The van der Waals surface area contributed by atoms with E-state index in [-0.39, 0.29) is 12.5 Å². The summed E-state index contributed by atoms with van der Waals surface area (Å²) in [6.07, 6.45) is 2.92. The number of hydrogen-bond donors (Lipinski definition) is 2. The molecule has 19 heavy (non-hydrogen) atoms. The maximum absolute atomic E-state index is 12.0. The first-order chi connectivity index (χ1) is 9.13. The van der Waals surface area contributed by atoms with Crippen LogP contribution in [0.1, 0.15) is 0 Å². The monoisotopic (exact) mass is 263 g/mol. The van der Waals surface area contributed by atoms with Crippen LogP contribution in [0.4, 0.5) is 5.82 Å². The second-order valence-electron chi connectivity index (χ2n) is 4.22. The van der Waals surface area contributed by atoms with Gasteiger partial charge in [0.1, 0.15) is 18.4 Å². The van der Waals surface area contributed by atoms with E-state index in [0.29, 0.717) is 23.5 Å². The zero-order valence-electron chi connectivity index (χ0n) is 11.0. The summed E-state index contributed by atoms with van der Waals surface area (Å²) in [4.78, 5) is 25.8. The van der Waals surface area contributed by atoms with Gasteiger partial charge in [-0.05, 0) is 7.05 Å². The summed E-state index contributed by atoms with van der Waals surface area (Å²) in [7, 11) is 3.61. The molecule has 0 aliphatic rings. The maximum atomic E-state index is 12.0. The molecule has 0 fully saturated rings. The van der Waals surface area contributed by atoms with Crippen LogP contribution >= 0.6 is 0 Å². The average molecular weight is 263 g/mol. The molecule has 0 aliphatic heterocycles. The molecule has 0 bridgehead atoms. The van der Waals surface area contributed by atoms with Crippen LogP contribution in [0.5, 0.6) is 0 Å². The molecule has 0 spiro atoms. The van der Waals surface area contributed by atoms with Crippen LogP contribution in [0.15, 0.2) is 12.7 Å². The molecule has 0 aromatic carbocycles. The van der Waals surface area contributed by atoms with Crippen LogP contribution in [-0.2, 0) is 11.3 Å². The summed E-state index contributed by atoms with van der Waals surface area (Å²) in [6.45, 7) is 1.59. The molecule has 3 N–H and O–H groups in total. The first kappa shape index (κ1) is 13.2. The summed E-state index contributed by atoms with van der Waals surface area (Å²) in [5.41, 5.74) is 6.79. The van der Waals surface area contributed by atoms with Crippen LogP contribution in [0.3, 0.4) is 0 Å². The fourth-order valence-corrected chi connectivity index (χ4v) is 1.69. The second-order valence-corrected chi connectivity index (χ2v) is 4.22. The highest BCUT2D eigenvalue weighted by molar-refractivity contribution is 5.83. The third-order valence-electron chi connectivity index (χ3n) is 2.86. The molecule has 102 valence electrons. The maximum Gasteiger partial charge on any atom is 0.242 e. The minimum atomic E-state index is -0.00765. The molecule has 2 aromatic rings. The number of carbonyl (C=O) groups excluding carboxylic acids is 1. The van der Waals surface area contributed by atoms with E-state index in [4.69, 9.17) is 5.73 Å². The standard InChI is InChI=1S/C11H17N7O/c1-13-3-4-17(2)8(19)5-18-7-16-9-10(12)14-6-15-11(9)18/h6-7,13H,3-5H2,1-2H3,(H2,12,14,15). The molecule has 0 aliphatic carbocycles. The molecule has 0 radical (unpaired) electrons. The molecule has 0 unspecified atom stereocenters. The molecule has 0 atom stereocenters. The Morgan fingerprint density at radius 3 is 3.00 bits per heavy atom. The van der Waals surface area contributed by atoms with Crippen molar-refractivity contribution in [3.05, 3.63) is 12.7 Å². The fourth-order valence-electron chi connectivity index (χ4n) is 1.69. The number of nitrogens with one attached hydrogen (secondary N) is 1. The van der Waals surface area contributed by atoms with Gasteiger partial charge in [0.05, 0.1) is 6.33 Å². The van der Waals surface area contributed by atoms with Gasteiger partial charge >= 0.3 is 0 Å². The Morgan fingerprint density at radius 1 is 1.47 bits per heavy atom. The van der Waals surface area contributed by atoms with Crippen molar-refractivity contribution in [3.8, 4) is 0 Å². The molecule has 1 amide bonds. The van der Waals surface area contributed by atoms with Crippen LogP contribution in [0.25, 0.3) is 11.2 Å². The van der Waals surface area contributed by atoms with E-state index in [9.17, 15) is 4.79 Å². The van der Waals surface area contributed by atoms with Crippen molar-refractivity contribution in [2.75, 3.05) is 32.9 Å². The van der Waals surface area contributed by atoms with E-state index in [1.165, 1.54) is 6.33 Å². The second kappa shape index (κ2) is 5.61. The molecule has 2 aromatic heterocycles. The Bertz CT molecular complexity index is 579. The van der Waals surface area contributed by atoms with Gasteiger partial charge in [0, 0.05) is 20.1 Å². The third-order valence-corrected chi connectivity index (χ3v) is 2.86. The zero-order chi connectivity index (χ0) is 13.8. The van der Waals surface area contributed by atoms with Crippen LogP contribution in [-0.4, -0.2) is 57.5 Å². The van der Waals surface area contributed by atoms with E-state index in [2.05, 4.69) is 20.3 Å². The number of nitrogens with two attached hydrogens (primary N) is 1. The molecular formula is C11H17N7O. The van der Waals surface area contributed by atoms with Crippen molar-refractivity contribution >= 4 is 22.9 Å². The first-order valence-corrected chi connectivity index (χ1v) is 5.93. The Labute approximate surface area is 110 Å². The fraction of sp³-hybridized carbons (Fsp3) is 0.455. The predicted molar refractivity (Wildman–Crippen MR) is 71.3 cm³/mol. The third kappa shape index (κ3) is 2.79. The number of imidazole rings is 1. The van der Waals surface area contributed by atoms with Gasteiger partial charge in [0.25, 0.3) is 0 Å². The van der Waals surface area contributed by atoms with E-state index in [1.54, 1.807) is 22.8 Å². The molecule has 2 heterocycles. The number of fused-ring (bicyclic) bond motifs is 1.